The zero-order chi connectivity index (χ0) is 9.52. The van der Waals surface area contributed by atoms with Crippen LogP contribution in [-0.4, -0.2) is 27.4 Å². The van der Waals surface area contributed by atoms with Crippen LogP contribution in [0.5, 0.6) is 0 Å². The zero-order valence-corrected chi connectivity index (χ0v) is 9.25. The smallest absolute Gasteiger partial charge is 0.202 e. The maximum Gasteiger partial charge on any atom is 0.202 e. The molecule has 0 amide bonds. The van der Waals surface area contributed by atoms with Crippen molar-refractivity contribution in [3.05, 3.63) is 18.5 Å². The topological polar surface area (TPSA) is 37.8 Å². The summed E-state index contributed by atoms with van der Waals surface area (Å²) in [5, 5.41) is 4.13. The number of anilines is 1. The number of rotatable bonds is 6. The Morgan fingerprint density at radius 1 is 1.69 bits per heavy atom. The molecule has 13 heavy (non-hydrogen) atoms. The molecule has 5 heteroatoms. The highest BCUT2D eigenvalue weighted by molar-refractivity contribution is 7.99. The summed E-state index contributed by atoms with van der Waals surface area (Å²) in [4.78, 5) is 4.20. The van der Waals surface area contributed by atoms with Gasteiger partial charge in [-0.3, -0.25) is 0 Å². The van der Waals surface area contributed by atoms with Crippen molar-refractivity contribution in [3.8, 4) is 0 Å². The molecular formula is C8H13N3S2. The van der Waals surface area contributed by atoms with Gasteiger partial charge in [0.25, 0.3) is 0 Å². The van der Waals surface area contributed by atoms with Crippen LogP contribution >= 0.6 is 23.3 Å². The van der Waals surface area contributed by atoms with Gasteiger partial charge in [-0.1, -0.05) is 6.08 Å². The van der Waals surface area contributed by atoms with Crippen LogP contribution in [0.25, 0.3) is 0 Å². The fourth-order valence-corrected chi connectivity index (χ4v) is 1.94. The Morgan fingerprint density at radius 2 is 2.54 bits per heavy atom. The minimum atomic E-state index is 0.839. The molecule has 0 aliphatic rings. The highest BCUT2D eigenvalue weighted by Crippen LogP contribution is 2.10. The van der Waals surface area contributed by atoms with Crippen LogP contribution in [0.3, 0.4) is 0 Å². The number of nitrogens with one attached hydrogen (secondary N) is 1. The Hall–Kier alpha value is -0.550. The first-order chi connectivity index (χ1) is 6.33. The molecule has 1 aromatic rings. The molecule has 72 valence electrons. The molecule has 0 spiro atoms. The van der Waals surface area contributed by atoms with E-state index in [-0.39, 0.29) is 0 Å². The van der Waals surface area contributed by atoms with Crippen LogP contribution in [-0.2, 0) is 0 Å². The summed E-state index contributed by atoms with van der Waals surface area (Å²) in [5.41, 5.74) is 0. The predicted molar refractivity (Wildman–Crippen MR) is 60.7 cm³/mol. The second-order valence-electron chi connectivity index (χ2n) is 2.44. The van der Waals surface area contributed by atoms with Gasteiger partial charge < -0.3 is 5.32 Å². The van der Waals surface area contributed by atoms with Crippen LogP contribution < -0.4 is 5.32 Å². The Balaban J connectivity index is 2.09. The van der Waals surface area contributed by atoms with Gasteiger partial charge in [0.2, 0.25) is 5.13 Å². The van der Waals surface area contributed by atoms with Gasteiger partial charge in [-0.2, -0.15) is 16.1 Å². The van der Waals surface area contributed by atoms with Crippen molar-refractivity contribution in [1.29, 1.82) is 0 Å². The summed E-state index contributed by atoms with van der Waals surface area (Å²) in [6, 6.07) is 0. The number of thioether (sulfide) groups is 1. The van der Waals surface area contributed by atoms with Gasteiger partial charge in [0.15, 0.2) is 0 Å². The molecule has 0 saturated carbocycles. The Labute approximate surface area is 86.8 Å². The summed E-state index contributed by atoms with van der Waals surface area (Å²) in [5.74, 6) is 2.92. The van der Waals surface area contributed by atoms with E-state index in [1.54, 1.807) is 0 Å². The van der Waals surface area contributed by atoms with E-state index in [2.05, 4.69) is 21.3 Å². The lowest BCUT2D eigenvalue weighted by Gasteiger charge is -1.99. The lowest BCUT2D eigenvalue weighted by Crippen LogP contribution is -2.03. The minimum Gasteiger partial charge on any atom is -0.359 e. The lowest BCUT2D eigenvalue weighted by molar-refractivity contribution is 1.13. The van der Waals surface area contributed by atoms with Crippen molar-refractivity contribution in [2.75, 3.05) is 23.4 Å². The molecular weight excluding hydrogens is 202 g/mol. The standard InChI is InChI=1S/C8H13N3S2/c1-3-5-12-6-4-9-8-10-7(2)11-13-8/h3H,1,4-6H2,2H3,(H,9,10,11). The van der Waals surface area contributed by atoms with Crippen LogP contribution in [0.15, 0.2) is 12.7 Å². The Morgan fingerprint density at radius 3 is 3.15 bits per heavy atom. The van der Waals surface area contributed by atoms with Gasteiger partial charge in [0, 0.05) is 29.6 Å². The first-order valence-corrected chi connectivity index (χ1v) is 5.98. The third kappa shape index (κ3) is 4.28. The van der Waals surface area contributed by atoms with E-state index in [1.165, 1.54) is 11.5 Å². The molecule has 1 aromatic heterocycles. The highest BCUT2D eigenvalue weighted by atomic mass is 32.2. The van der Waals surface area contributed by atoms with Crippen LogP contribution in [0, 0.1) is 6.92 Å². The van der Waals surface area contributed by atoms with Gasteiger partial charge in [-0.05, 0) is 6.92 Å². The van der Waals surface area contributed by atoms with Gasteiger partial charge in [-0.25, -0.2) is 4.98 Å². The molecule has 0 atom stereocenters. The van der Waals surface area contributed by atoms with Crippen molar-refractivity contribution in [3.63, 3.8) is 0 Å². The lowest BCUT2D eigenvalue weighted by atomic mass is 10.7. The molecule has 1 N–H and O–H groups in total. The van der Waals surface area contributed by atoms with Crippen LogP contribution in [0.4, 0.5) is 5.13 Å². The number of nitrogens with zero attached hydrogens (tertiary/aromatic N) is 2. The van der Waals surface area contributed by atoms with E-state index in [9.17, 15) is 0 Å². The molecule has 0 aliphatic carbocycles. The molecule has 0 bridgehead atoms. The fourth-order valence-electron chi connectivity index (χ4n) is 0.766. The molecule has 1 heterocycles. The van der Waals surface area contributed by atoms with E-state index in [1.807, 2.05) is 24.8 Å². The van der Waals surface area contributed by atoms with E-state index in [0.717, 1.165) is 29.0 Å². The highest BCUT2D eigenvalue weighted by Gasteiger charge is 1.97. The van der Waals surface area contributed by atoms with E-state index in [0.29, 0.717) is 0 Å². The van der Waals surface area contributed by atoms with Crippen LogP contribution in [0.2, 0.25) is 0 Å². The van der Waals surface area contributed by atoms with Gasteiger partial charge >= 0.3 is 0 Å². The van der Waals surface area contributed by atoms with E-state index >= 15 is 0 Å². The molecule has 0 fully saturated rings. The maximum atomic E-state index is 4.20. The van der Waals surface area contributed by atoms with Gasteiger partial charge in [0.05, 0.1) is 0 Å². The average Bonchev–Trinajstić information content (AvgIpc) is 2.51. The molecule has 0 aliphatic heterocycles. The molecule has 1 rings (SSSR count). The van der Waals surface area contributed by atoms with Crippen molar-refractivity contribution >= 4 is 28.4 Å². The van der Waals surface area contributed by atoms with Crippen molar-refractivity contribution in [2.24, 2.45) is 0 Å². The number of hydrogen-bond donors (Lipinski definition) is 1. The monoisotopic (exact) mass is 215 g/mol. The molecule has 3 nitrogen and oxygen atoms in total. The predicted octanol–water partition coefficient (Wildman–Crippen LogP) is 2.18. The second-order valence-corrected chi connectivity index (χ2v) is 4.34. The molecule has 0 aromatic carbocycles. The fraction of sp³-hybridized carbons (Fsp3) is 0.500. The quantitative estimate of drug-likeness (QED) is 0.583. The number of aromatic nitrogens is 2. The molecule has 0 unspecified atom stereocenters. The van der Waals surface area contributed by atoms with Crippen LogP contribution in [0.1, 0.15) is 5.82 Å². The molecule has 0 radical (unpaired) electrons. The number of aryl methyl sites for hydroxylation is 1. The third-order valence-corrected chi connectivity index (χ3v) is 3.01. The van der Waals surface area contributed by atoms with E-state index in [4.69, 9.17) is 0 Å². The average molecular weight is 215 g/mol. The summed E-state index contributed by atoms with van der Waals surface area (Å²) < 4.78 is 4.08. The minimum absolute atomic E-state index is 0.839. The normalized spacial score (nSPS) is 9.92. The third-order valence-electron chi connectivity index (χ3n) is 1.29. The second kappa shape index (κ2) is 5.99. The summed E-state index contributed by atoms with van der Waals surface area (Å²) in [7, 11) is 0. The summed E-state index contributed by atoms with van der Waals surface area (Å²) in [6.07, 6.45) is 1.92. The van der Waals surface area contributed by atoms with Crippen molar-refractivity contribution < 1.29 is 0 Å². The summed E-state index contributed by atoms with van der Waals surface area (Å²) >= 11 is 3.27. The van der Waals surface area contributed by atoms with Gasteiger partial charge in [0.1, 0.15) is 5.82 Å². The summed E-state index contributed by atoms with van der Waals surface area (Å²) in [6.45, 7) is 6.49. The first-order valence-electron chi connectivity index (χ1n) is 4.05. The van der Waals surface area contributed by atoms with E-state index < -0.39 is 0 Å². The largest absolute Gasteiger partial charge is 0.359 e. The Bertz CT molecular complexity index is 260. The SMILES string of the molecule is C=CCSCCNc1nc(C)ns1. The maximum absolute atomic E-state index is 4.20. The Kier molecular flexibility index (Phi) is 4.85. The first kappa shape index (κ1) is 10.5. The zero-order valence-electron chi connectivity index (χ0n) is 7.62. The number of hydrogen-bond acceptors (Lipinski definition) is 5. The van der Waals surface area contributed by atoms with Gasteiger partial charge in [-0.15, -0.1) is 6.58 Å². The van der Waals surface area contributed by atoms with Crippen molar-refractivity contribution in [2.45, 2.75) is 6.92 Å². The molecule has 0 saturated heterocycles. The van der Waals surface area contributed by atoms with Crippen molar-refractivity contribution in [1.82, 2.24) is 9.36 Å².